The molecule has 2 aliphatic heterocycles. The van der Waals surface area contributed by atoms with Crippen molar-refractivity contribution in [1.82, 2.24) is 19.6 Å². The number of thioether (sulfide) groups is 2. The molecule has 1 aromatic heterocycles. The molecule has 20 heteroatoms. The number of fused-ring (bicyclic) bond motifs is 1. The average Bonchev–Trinajstić information content (AvgIpc) is 3.41. The van der Waals surface area contributed by atoms with Gasteiger partial charge in [0.25, 0.3) is 11.8 Å². The molecule has 3 heterocycles. The van der Waals surface area contributed by atoms with Crippen molar-refractivity contribution in [3.63, 3.8) is 0 Å². The lowest BCUT2D eigenvalue weighted by Gasteiger charge is -2.49. The second kappa shape index (κ2) is 15.7. The highest BCUT2D eigenvalue weighted by atomic mass is 32.2. The van der Waals surface area contributed by atoms with Crippen LogP contribution in [0.25, 0.3) is 0 Å². The lowest BCUT2D eigenvalue weighted by Crippen LogP contribution is -2.71. The van der Waals surface area contributed by atoms with Crippen molar-refractivity contribution in [2.24, 2.45) is 5.16 Å². The number of nitrogens with zero attached hydrogens (tertiary/aromatic N) is 4. The highest BCUT2D eigenvalue weighted by molar-refractivity contribution is 8.05. The predicted octanol–water partition coefficient (Wildman–Crippen LogP) is 0.500. The molecule has 1 saturated heterocycles. The summed E-state index contributed by atoms with van der Waals surface area (Å²) < 4.78 is 23.9. The number of hydrogen-bond donors (Lipinski definition) is 2. The zero-order chi connectivity index (χ0) is 32.6. The third-order valence-corrected chi connectivity index (χ3v) is 8.44. The van der Waals surface area contributed by atoms with E-state index in [4.69, 9.17) is 29.5 Å². The molecule has 3 rings (SSSR count). The molecule has 0 aliphatic carbocycles. The summed E-state index contributed by atoms with van der Waals surface area (Å²) in [5.74, 6) is -4.39. The Morgan fingerprint density at radius 3 is 2.25 bits per heavy atom. The van der Waals surface area contributed by atoms with Gasteiger partial charge in [0.1, 0.15) is 17.1 Å². The summed E-state index contributed by atoms with van der Waals surface area (Å²) >= 11 is 3.32. The zero-order valence-electron chi connectivity index (χ0n) is 24.2. The van der Waals surface area contributed by atoms with Gasteiger partial charge in [0.2, 0.25) is 30.7 Å². The fourth-order valence-electron chi connectivity index (χ4n) is 3.62. The molecule has 17 nitrogen and oxygen atoms in total. The minimum atomic E-state index is -1.19. The van der Waals surface area contributed by atoms with Crippen LogP contribution in [-0.4, -0.2) is 98.3 Å². The number of nitrogens with two attached hydrogens (primary N) is 1. The number of esters is 4. The number of β-lactam (4-membered cyclic amide) rings is 1. The quantitative estimate of drug-likeness (QED) is 0.0900. The van der Waals surface area contributed by atoms with E-state index in [9.17, 15) is 28.8 Å². The van der Waals surface area contributed by atoms with Crippen molar-refractivity contribution >= 4 is 81.6 Å². The smallest absolute Gasteiger partial charge is 0.359 e. The van der Waals surface area contributed by atoms with Crippen LogP contribution in [0.2, 0.25) is 0 Å². The molecule has 240 valence electrons. The molecule has 4 atom stereocenters. The SMILES string of the molecule is CCC(=O)OC(C)OC(=O)CON=C(C(=O)NC1C(=O)N2C(C(=O)OC(C)OC(=O)CC)=C(SC)CS[C@@H]12)c1nsc(N)n1. The molecule has 3 unspecified atom stereocenters. The van der Waals surface area contributed by atoms with Gasteiger partial charge >= 0.3 is 23.9 Å². The molecule has 1 fully saturated rings. The van der Waals surface area contributed by atoms with Crippen LogP contribution < -0.4 is 11.1 Å². The summed E-state index contributed by atoms with van der Waals surface area (Å²) in [6.45, 7) is 5.11. The lowest BCUT2D eigenvalue weighted by atomic mass is 10.0. The molecule has 44 heavy (non-hydrogen) atoms. The third kappa shape index (κ3) is 8.59. The van der Waals surface area contributed by atoms with Crippen molar-refractivity contribution in [2.45, 2.75) is 64.5 Å². The molecule has 0 radical (unpaired) electrons. The Hall–Kier alpha value is -3.91. The summed E-state index contributed by atoms with van der Waals surface area (Å²) in [6, 6.07) is -1.09. The highest BCUT2D eigenvalue weighted by Gasteiger charge is 2.55. The number of rotatable bonds is 14. The zero-order valence-corrected chi connectivity index (χ0v) is 26.7. The Bertz CT molecular complexity index is 1370. The minimum absolute atomic E-state index is 0.0111. The average molecular weight is 675 g/mol. The van der Waals surface area contributed by atoms with Gasteiger partial charge < -0.3 is 34.8 Å². The second-order valence-corrected chi connectivity index (χ2v) is 11.5. The predicted molar refractivity (Wildman–Crippen MR) is 156 cm³/mol. The first-order chi connectivity index (χ1) is 20.9. The Labute approximate surface area is 263 Å². The highest BCUT2D eigenvalue weighted by Crippen LogP contribution is 2.43. The normalized spacial score (nSPS) is 19.2. The first-order valence-electron chi connectivity index (χ1n) is 13.0. The van der Waals surface area contributed by atoms with Crippen LogP contribution in [0.3, 0.4) is 0 Å². The van der Waals surface area contributed by atoms with Crippen molar-refractivity contribution in [2.75, 3.05) is 24.3 Å². The minimum Gasteiger partial charge on any atom is -0.425 e. The maximum absolute atomic E-state index is 13.2. The monoisotopic (exact) mass is 674 g/mol. The number of ether oxygens (including phenoxy) is 4. The molecule has 0 aromatic carbocycles. The van der Waals surface area contributed by atoms with Gasteiger partial charge in [0.05, 0.1) is 0 Å². The van der Waals surface area contributed by atoms with Crippen molar-refractivity contribution in [3.05, 3.63) is 16.4 Å². The topological polar surface area (TPSA) is 228 Å². The van der Waals surface area contributed by atoms with Crippen LogP contribution >= 0.6 is 35.1 Å². The van der Waals surface area contributed by atoms with Gasteiger partial charge in [0, 0.05) is 48.9 Å². The first kappa shape index (κ1) is 34.6. The number of carbonyl (C=O) groups excluding carboxylic acids is 6. The molecule has 0 saturated carbocycles. The molecular formula is C24H30N6O11S3. The van der Waals surface area contributed by atoms with Crippen molar-refractivity contribution in [1.29, 1.82) is 0 Å². The summed E-state index contributed by atoms with van der Waals surface area (Å²) in [6.07, 6.45) is -0.458. The van der Waals surface area contributed by atoms with Gasteiger partial charge in [-0.1, -0.05) is 19.0 Å². The second-order valence-electron chi connectivity index (χ2n) is 8.72. The van der Waals surface area contributed by atoms with Gasteiger partial charge in [-0.15, -0.1) is 23.5 Å². The molecule has 3 N–H and O–H groups in total. The van der Waals surface area contributed by atoms with Crippen LogP contribution in [0.1, 0.15) is 46.4 Å². The van der Waals surface area contributed by atoms with Crippen LogP contribution in [0.15, 0.2) is 15.8 Å². The molecule has 1 aromatic rings. The molecule has 0 spiro atoms. The summed E-state index contributed by atoms with van der Waals surface area (Å²) in [4.78, 5) is 85.1. The Kier molecular flexibility index (Phi) is 12.3. The summed E-state index contributed by atoms with van der Waals surface area (Å²) in [5.41, 5.74) is 5.14. The third-order valence-electron chi connectivity index (χ3n) is 5.61. The van der Waals surface area contributed by atoms with E-state index < -0.39 is 72.0 Å². The van der Waals surface area contributed by atoms with E-state index >= 15 is 0 Å². The molecule has 2 aliphatic rings. The molecular weight excluding hydrogens is 644 g/mol. The van der Waals surface area contributed by atoms with E-state index in [-0.39, 0.29) is 29.5 Å². The van der Waals surface area contributed by atoms with Crippen LogP contribution in [-0.2, 0) is 52.6 Å². The number of hydrogen-bond acceptors (Lipinski definition) is 18. The van der Waals surface area contributed by atoms with E-state index in [0.29, 0.717) is 10.7 Å². The molecule has 0 bridgehead atoms. The molecule has 2 amide bonds. The first-order valence-corrected chi connectivity index (χ1v) is 16.1. The number of carbonyl (C=O) groups is 6. The maximum Gasteiger partial charge on any atom is 0.359 e. The van der Waals surface area contributed by atoms with E-state index in [0.717, 1.165) is 11.5 Å². The largest absolute Gasteiger partial charge is 0.425 e. The number of amides is 2. The fourth-order valence-corrected chi connectivity index (χ4v) is 6.30. The van der Waals surface area contributed by atoms with Gasteiger partial charge in [-0.3, -0.25) is 24.1 Å². The fraction of sp³-hybridized carbons (Fsp3) is 0.542. The van der Waals surface area contributed by atoms with Gasteiger partial charge in [0.15, 0.2) is 5.13 Å². The number of aromatic nitrogens is 2. The summed E-state index contributed by atoms with van der Waals surface area (Å²) in [7, 11) is 0. The van der Waals surface area contributed by atoms with Crippen molar-refractivity contribution < 1.29 is 52.6 Å². The number of nitrogen functional groups attached to an aromatic ring is 1. The standard InChI is InChI=1S/C24H30N6O11S3/c1-6-13(31)38-10(3)40-15(33)8-37-28-16(19-27-24(25)44-29-19)20(34)26-17-21(35)30-18(12(42-5)9-43-22(17)30)23(36)41-11(4)39-14(32)7-2/h10-11,17,22H,6-9H2,1-5H3,(H,26,34)(H2,25,27,29)/t10?,11?,17?,22-/m0/s1. The van der Waals surface area contributed by atoms with E-state index in [1.165, 1.54) is 42.3 Å². The Balaban J connectivity index is 1.70. The van der Waals surface area contributed by atoms with Gasteiger partial charge in [-0.25, -0.2) is 9.59 Å². The Morgan fingerprint density at radius 2 is 1.68 bits per heavy atom. The van der Waals surface area contributed by atoms with Crippen LogP contribution in [0, 0.1) is 0 Å². The number of anilines is 1. The van der Waals surface area contributed by atoms with Gasteiger partial charge in [-0.2, -0.15) is 9.36 Å². The summed E-state index contributed by atoms with van der Waals surface area (Å²) in [5, 5.41) is 5.53. The van der Waals surface area contributed by atoms with E-state index in [1.807, 2.05) is 0 Å². The van der Waals surface area contributed by atoms with E-state index in [2.05, 4.69) is 19.8 Å². The van der Waals surface area contributed by atoms with E-state index in [1.54, 1.807) is 20.1 Å². The van der Waals surface area contributed by atoms with Crippen LogP contribution in [0.5, 0.6) is 0 Å². The number of nitrogens with one attached hydrogen (secondary N) is 1. The Morgan fingerprint density at radius 1 is 1.07 bits per heavy atom. The lowest BCUT2D eigenvalue weighted by molar-refractivity contribution is -0.187. The van der Waals surface area contributed by atoms with Gasteiger partial charge in [-0.05, 0) is 6.26 Å². The van der Waals surface area contributed by atoms with Crippen LogP contribution in [0.4, 0.5) is 5.13 Å². The number of oxime groups is 1. The van der Waals surface area contributed by atoms with Crippen molar-refractivity contribution in [3.8, 4) is 0 Å². The maximum atomic E-state index is 13.2.